The number of ether oxygens (including phenoxy) is 2. The third-order valence-electron chi connectivity index (χ3n) is 2.96. The highest BCUT2D eigenvalue weighted by molar-refractivity contribution is 6.30. The van der Waals surface area contributed by atoms with E-state index in [1.807, 2.05) is 37.3 Å². The fourth-order valence-electron chi connectivity index (χ4n) is 1.84. The normalized spacial score (nSPS) is 9.95. The first-order valence-corrected chi connectivity index (χ1v) is 7.09. The molecule has 0 saturated heterocycles. The Labute approximate surface area is 129 Å². The molecular formula is C17H16ClNO2. The van der Waals surface area contributed by atoms with Crippen LogP contribution in [-0.4, -0.2) is 13.2 Å². The average molecular weight is 302 g/mol. The molecule has 2 rings (SSSR count). The van der Waals surface area contributed by atoms with Gasteiger partial charge in [-0.3, -0.25) is 0 Å². The van der Waals surface area contributed by atoms with Crippen molar-refractivity contribution in [3.63, 3.8) is 0 Å². The van der Waals surface area contributed by atoms with Crippen molar-refractivity contribution < 1.29 is 9.47 Å². The van der Waals surface area contributed by atoms with Crippen LogP contribution in [0.5, 0.6) is 11.5 Å². The topological polar surface area (TPSA) is 42.2 Å². The van der Waals surface area contributed by atoms with Crippen LogP contribution in [0.4, 0.5) is 0 Å². The predicted molar refractivity (Wildman–Crippen MR) is 83.0 cm³/mol. The summed E-state index contributed by atoms with van der Waals surface area (Å²) in [6, 6.07) is 14.9. The Morgan fingerprint density at radius 3 is 2.52 bits per heavy atom. The van der Waals surface area contributed by atoms with Crippen molar-refractivity contribution in [3.8, 4) is 17.6 Å². The van der Waals surface area contributed by atoms with E-state index in [1.165, 1.54) is 0 Å². The lowest BCUT2D eigenvalue weighted by Crippen LogP contribution is -2.06. The lowest BCUT2D eigenvalue weighted by Gasteiger charge is -2.10. The molecule has 0 saturated carbocycles. The standard InChI is InChI=1S/C17H16ClNO2/c1-13-7-8-15(18)11-17(13)21-10-4-9-20-16-6-3-2-5-14(16)12-19/h2-3,5-8,11H,4,9-10H2,1H3. The van der Waals surface area contributed by atoms with E-state index in [1.54, 1.807) is 12.1 Å². The van der Waals surface area contributed by atoms with Crippen molar-refractivity contribution in [2.75, 3.05) is 13.2 Å². The zero-order valence-electron chi connectivity index (χ0n) is 11.8. The number of aryl methyl sites for hydroxylation is 1. The number of nitriles is 1. The van der Waals surface area contributed by atoms with Gasteiger partial charge in [-0.15, -0.1) is 0 Å². The fraction of sp³-hybridized carbons (Fsp3) is 0.235. The van der Waals surface area contributed by atoms with Crippen LogP contribution in [0.25, 0.3) is 0 Å². The molecule has 4 heteroatoms. The molecule has 0 spiro atoms. The molecule has 3 nitrogen and oxygen atoms in total. The van der Waals surface area contributed by atoms with Crippen LogP contribution in [0.1, 0.15) is 17.5 Å². The molecule has 0 aliphatic carbocycles. The molecule has 0 aliphatic heterocycles. The second kappa shape index (κ2) is 7.56. The van der Waals surface area contributed by atoms with Crippen molar-refractivity contribution in [2.45, 2.75) is 13.3 Å². The van der Waals surface area contributed by atoms with E-state index < -0.39 is 0 Å². The third-order valence-corrected chi connectivity index (χ3v) is 3.20. The molecule has 0 N–H and O–H groups in total. The van der Waals surface area contributed by atoms with Gasteiger partial charge in [0.1, 0.15) is 17.6 Å². The maximum Gasteiger partial charge on any atom is 0.137 e. The van der Waals surface area contributed by atoms with Crippen molar-refractivity contribution in [1.82, 2.24) is 0 Å². The van der Waals surface area contributed by atoms with Gasteiger partial charge in [0.15, 0.2) is 0 Å². The highest BCUT2D eigenvalue weighted by Gasteiger charge is 2.03. The average Bonchev–Trinajstić information content (AvgIpc) is 2.50. The van der Waals surface area contributed by atoms with E-state index in [4.69, 9.17) is 26.3 Å². The number of halogens is 1. The summed E-state index contributed by atoms with van der Waals surface area (Å²) in [5, 5.41) is 9.62. The van der Waals surface area contributed by atoms with Gasteiger partial charge in [-0.1, -0.05) is 29.8 Å². The van der Waals surface area contributed by atoms with Gasteiger partial charge >= 0.3 is 0 Å². The molecule has 21 heavy (non-hydrogen) atoms. The SMILES string of the molecule is Cc1ccc(Cl)cc1OCCCOc1ccccc1C#N. The van der Waals surface area contributed by atoms with Gasteiger partial charge in [0.25, 0.3) is 0 Å². The number of rotatable bonds is 6. The summed E-state index contributed by atoms with van der Waals surface area (Å²) in [6.45, 7) is 3.01. The first-order valence-electron chi connectivity index (χ1n) is 6.71. The van der Waals surface area contributed by atoms with Crippen LogP contribution in [0.2, 0.25) is 5.02 Å². The van der Waals surface area contributed by atoms with Gasteiger partial charge in [-0.05, 0) is 36.8 Å². The van der Waals surface area contributed by atoms with Crippen LogP contribution >= 0.6 is 11.6 Å². The molecule has 0 amide bonds. The lowest BCUT2D eigenvalue weighted by molar-refractivity contribution is 0.246. The van der Waals surface area contributed by atoms with Crippen LogP contribution in [-0.2, 0) is 0 Å². The Balaban J connectivity index is 1.78. The van der Waals surface area contributed by atoms with Crippen molar-refractivity contribution in [3.05, 3.63) is 58.6 Å². The van der Waals surface area contributed by atoms with E-state index in [0.29, 0.717) is 29.5 Å². The summed E-state index contributed by atoms with van der Waals surface area (Å²) < 4.78 is 11.3. The Morgan fingerprint density at radius 1 is 1.05 bits per heavy atom. The zero-order valence-corrected chi connectivity index (χ0v) is 12.6. The maximum atomic E-state index is 8.96. The molecule has 108 valence electrons. The first kappa shape index (κ1) is 15.2. The fourth-order valence-corrected chi connectivity index (χ4v) is 2.00. The molecule has 0 heterocycles. The number of hydrogen-bond acceptors (Lipinski definition) is 3. The maximum absolute atomic E-state index is 8.96. The first-order chi connectivity index (χ1) is 10.2. The third kappa shape index (κ3) is 4.40. The van der Waals surface area contributed by atoms with Gasteiger partial charge in [0, 0.05) is 11.4 Å². The molecule has 0 fully saturated rings. The highest BCUT2D eigenvalue weighted by Crippen LogP contribution is 2.22. The van der Waals surface area contributed by atoms with Gasteiger partial charge in [-0.2, -0.15) is 5.26 Å². The summed E-state index contributed by atoms with van der Waals surface area (Å²) in [6.07, 6.45) is 0.728. The van der Waals surface area contributed by atoms with Crippen molar-refractivity contribution >= 4 is 11.6 Å². The Kier molecular flexibility index (Phi) is 5.48. The lowest BCUT2D eigenvalue weighted by atomic mass is 10.2. The van der Waals surface area contributed by atoms with E-state index in [-0.39, 0.29) is 0 Å². The molecule has 2 aromatic rings. The number of benzene rings is 2. The van der Waals surface area contributed by atoms with Gasteiger partial charge in [0.05, 0.1) is 18.8 Å². The van der Waals surface area contributed by atoms with Crippen molar-refractivity contribution in [1.29, 1.82) is 5.26 Å². The molecule has 0 aromatic heterocycles. The molecule has 0 unspecified atom stereocenters. The number of nitrogens with zero attached hydrogens (tertiary/aromatic N) is 1. The smallest absolute Gasteiger partial charge is 0.137 e. The number of para-hydroxylation sites is 1. The molecule has 0 bridgehead atoms. The minimum atomic E-state index is 0.498. The molecule has 0 aliphatic rings. The van der Waals surface area contributed by atoms with E-state index >= 15 is 0 Å². The summed E-state index contributed by atoms with van der Waals surface area (Å²) in [7, 11) is 0. The Hall–Kier alpha value is -2.18. The number of hydrogen-bond donors (Lipinski definition) is 0. The molecule has 2 aromatic carbocycles. The quantitative estimate of drug-likeness (QED) is 0.744. The largest absolute Gasteiger partial charge is 0.493 e. The van der Waals surface area contributed by atoms with Crippen LogP contribution in [0.3, 0.4) is 0 Å². The summed E-state index contributed by atoms with van der Waals surface area (Å²) in [4.78, 5) is 0. The molecule has 0 radical (unpaired) electrons. The van der Waals surface area contributed by atoms with Gasteiger partial charge in [0.2, 0.25) is 0 Å². The van der Waals surface area contributed by atoms with Gasteiger partial charge < -0.3 is 9.47 Å². The van der Waals surface area contributed by atoms with E-state index in [9.17, 15) is 0 Å². The second-order valence-electron chi connectivity index (χ2n) is 4.57. The molecular weight excluding hydrogens is 286 g/mol. The van der Waals surface area contributed by atoms with Crippen molar-refractivity contribution in [2.24, 2.45) is 0 Å². The van der Waals surface area contributed by atoms with Crippen LogP contribution in [0, 0.1) is 18.3 Å². The Bertz CT molecular complexity index is 649. The van der Waals surface area contributed by atoms with E-state index in [2.05, 4.69) is 6.07 Å². The predicted octanol–water partition coefficient (Wildman–Crippen LogP) is 4.37. The minimum absolute atomic E-state index is 0.498. The van der Waals surface area contributed by atoms with Gasteiger partial charge in [-0.25, -0.2) is 0 Å². The monoisotopic (exact) mass is 301 g/mol. The summed E-state index contributed by atoms with van der Waals surface area (Å²) in [5.74, 6) is 1.40. The second-order valence-corrected chi connectivity index (χ2v) is 5.00. The summed E-state index contributed by atoms with van der Waals surface area (Å²) in [5.41, 5.74) is 1.60. The highest BCUT2D eigenvalue weighted by atomic mass is 35.5. The van der Waals surface area contributed by atoms with Crippen LogP contribution < -0.4 is 9.47 Å². The van der Waals surface area contributed by atoms with Crippen LogP contribution in [0.15, 0.2) is 42.5 Å². The minimum Gasteiger partial charge on any atom is -0.493 e. The molecule has 0 atom stereocenters. The summed E-state index contributed by atoms with van der Waals surface area (Å²) >= 11 is 5.94. The Morgan fingerprint density at radius 2 is 1.76 bits per heavy atom. The zero-order chi connectivity index (χ0) is 15.1. The van der Waals surface area contributed by atoms with E-state index in [0.717, 1.165) is 17.7 Å².